The Kier molecular flexibility index (Phi) is 20.7. The summed E-state index contributed by atoms with van der Waals surface area (Å²) in [6, 6.07) is 45.8. The standard InChI is InChI=1S/C34H25N3.C3H6.C2H5N.3C2H6/c1-24-12-14-29(15-13-24)32-35-33(30-20-16-27(17-21-30)25-8-4-2-5-9-25)37-34(36-32)31-22-18-28(19-23-31)26-10-6-3-7-11-26;1-3-2;1-2-3;3*1-2/h2-23H,1H3;3H,1H2,2H3;2H,1,3H2;3*1-2H3. The van der Waals surface area contributed by atoms with E-state index in [-0.39, 0.29) is 0 Å². The average molecular weight is 651 g/mol. The van der Waals surface area contributed by atoms with Crippen LogP contribution < -0.4 is 5.73 Å². The molecule has 0 unspecified atom stereocenters. The van der Waals surface area contributed by atoms with Crippen molar-refractivity contribution in [3.05, 3.63) is 164 Å². The van der Waals surface area contributed by atoms with Crippen molar-refractivity contribution >= 4 is 0 Å². The summed E-state index contributed by atoms with van der Waals surface area (Å²) in [5, 5.41) is 0. The first kappa shape index (κ1) is 41.4. The smallest absolute Gasteiger partial charge is 0.164 e. The first-order chi connectivity index (χ1) is 24.1. The molecule has 0 bridgehead atoms. The SMILES string of the molecule is C=CC.C=CN.CC.CC.CC.Cc1ccc(-c2nc(-c3ccc(-c4ccccc4)cc3)nc(-c3ccc(-c4ccccc4)cc3)n2)cc1. The Balaban J connectivity index is 0.000000894. The van der Waals surface area contributed by atoms with Crippen molar-refractivity contribution in [2.45, 2.75) is 55.4 Å². The molecule has 0 amide bonds. The molecule has 0 saturated heterocycles. The molecule has 4 nitrogen and oxygen atoms in total. The summed E-state index contributed by atoms with van der Waals surface area (Å²) in [7, 11) is 0. The van der Waals surface area contributed by atoms with Gasteiger partial charge in [0, 0.05) is 16.7 Å². The van der Waals surface area contributed by atoms with Crippen LogP contribution in [-0.2, 0) is 0 Å². The summed E-state index contributed by atoms with van der Waals surface area (Å²) >= 11 is 0. The molecule has 0 spiro atoms. The number of nitrogens with zero attached hydrogens (tertiary/aromatic N) is 3. The van der Waals surface area contributed by atoms with Gasteiger partial charge in [-0.1, -0.05) is 193 Å². The molecule has 0 atom stereocenters. The van der Waals surface area contributed by atoms with Gasteiger partial charge < -0.3 is 5.73 Å². The molecule has 0 aliphatic rings. The molecule has 0 saturated carbocycles. The largest absolute Gasteiger partial charge is 0.405 e. The minimum Gasteiger partial charge on any atom is -0.405 e. The van der Waals surface area contributed by atoms with E-state index in [0.29, 0.717) is 17.5 Å². The molecule has 254 valence electrons. The van der Waals surface area contributed by atoms with Gasteiger partial charge >= 0.3 is 0 Å². The van der Waals surface area contributed by atoms with E-state index in [1.807, 2.05) is 60.6 Å². The first-order valence-corrected chi connectivity index (χ1v) is 17.1. The van der Waals surface area contributed by atoms with Gasteiger partial charge in [-0.25, -0.2) is 15.0 Å². The van der Waals surface area contributed by atoms with Crippen LogP contribution >= 0.6 is 0 Å². The van der Waals surface area contributed by atoms with Gasteiger partial charge in [0.05, 0.1) is 0 Å². The highest BCUT2D eigenvalue weighted by Crippen LogP contribution is 2.28. The zero-order valence-electron chi connectivity index (χ0n) is 30.7. The van der Waals surface area contributed by atoms with Crippen molar-refractivity contribution in [1.29, 1.82) is 0 Å². The lowest BCUT2D eigenvalue weighted by Crippen LogP contribution is -2.00. The van der Waals surface area contributed by atoms with Crippen LogP contribution in [0.1, 0.15) is 54.0 Å². The second-order valence-electron chi connectivity index (χ2n) is 9.70. The fourth-order valence-electron chi connectivity index (χ4n) is 4.35. The normalized spacial score (nSPS) is 9.06. The van der Waals surface area contributed by atoms with Gasteiger partial charge in [0.25, 0.3) is 0 Å². The van der Waals surface area contributed by atoms with Gasteiger partial charge in [-0.05, 0) is 42.3 Å². The van der Waals surface area contributed by atoms with Gasteiger partial charge in [0.1, 0.15) is 0 Å². The van der Waals surface area contributed by atoms with Crippen molar-refractivity contribution in [1.82, 2.24) is 15.0 Å². The number of hydrogen-bond acceptors (Lipinski definition) is 4. The highest BCUT2D eigenvalue weighted by molar-refractivity contribution is 5.72. The number of aromatic nitrogens is 3. The Morgan fingerprint density at radius 3 is 0.878 bits per heavy atom. The number of aryl methyl sites for hydroxylation is 1. The molecule has 1 aromatic heterocycles. The monoisotopic (exact) mass is 650 g/mol. The molecule has 49 heavy (non-hydrogen) atoms. The minimum absolute atomic E-state index is 0.660. The second-order valence-corrected chi connectivity index (χ2v) is 9.70. The third-order valence-corrected chi connectivity index (χ3v) is 6.45. The molecule has 1 heterocycles. The predicted molar refractivity (Wildman–Crippen MR) is 216 cm³/mol. The van der Waals surface area contributed by atoms with E-state index >= 15 is 0 Å². The fraction of sp³-hybridized carbons (Fsp3) is 0.178. The van der Waals surface area contributed by atoms with E-state index in [1.54, 1.807) is 6.08 Å². The zero-order chi connectivity index (χ0) is 36.4. The molecule has 2 N–H and O–H groups in total. The molecular weight excluding hydrogens is 597 g/mol. The lowest BCUT2D eigenvalue weighted by Gasteiger charge is -2.10. The fourth-order valence-corrected chi connectivity index (χ4v) is 4.35. The Morgan fingerprint density at radius 1 is 0.408 bits per heavy atom. The molecule has 0 aliphatic carbocycles. The molecule has 5 aromatic carbocycles. The molecule has 4 heteroatoms. The first-order valence-electron chi connectivity index (χ1n) is 17.1. The molecule has 6 aromatic rings. The number of nitrogens with two attached hydrogens (primary N) is 1. The van der Waals surface area contributed by atoms with Crippen LogP contribution in [0.25, 0.3) is 56.4 Å². The summed E-state index contributed by atoms with van der Waals surface area (Å²) in [5.41, 5.74) is 13.4. The Bertz CT molecular complexity index is 1620. The molecule has 0 radical (unpaired) electrons. The van der Waals surface area contributed by atoms with Crippen molar-refractivity contribution in [2.24, 2.45) is 5.73 Å². The van der Waals surface area contributed by atoms with E-state index in [9.17, 15) is 0 Å². The number of rotatable bonds is 5. The second kappa shape index (κ2) is 24.5. The third kappa shape index (κ3) is 13.2. The highest BCUT2D eigenvalue weighted by Gasteiger charge is 2.13. The van der Waals surface area contributed by atoms with Gasteiger partial charge in [-0.3, -0.25) is 0 Å². The molecule has 0 fully saturated rings. The van der Waals surface area contributed by atoms with E-state index in [0.717, 1.165) is 27.8 Å². The maximum atomic E-state index is 4.90. The molecular formula is C45H54N4. The summed E-state index contributed by atoms with van der Waals surface area (Å²) in [5.74, 6) is 1.99. The van der Waals surface area contributed by atoms with Crippen LogP contribution in [0, 0.1) is 6.92 Å². The zero-order valence-corrected chi connectivity index (χ0v) is 30.7. The topological polar surface area (TPSA) is 64.7 Å². The Labute approximate surface area is 296 Å². The Morgan fingerprint density at radius 2 is 0.612 bits per heavy atom. The van der Waals surface area contributed by atoms with Crippen LogP contribution in [0.3, 0.4) is 0 Å². The van der Waals surface area contributed by atoms with E-state index < -0.39 is 0 Å². The maximum absolute atomic E-state index is 4.90. The highest BCUT2D eigenvalue weighted by atomic mass is 15.0. The lowest BCUT2D eigenvalue weighted by atomic mass is 10.0. The van der Waals surface area contributed by atoms with Crippen LogP contribution in [0.4, 0.5) is 0 Å². The molecule has 0 aliphatic heterocycles. The van der Waals surface area contributed by atoms with Gasteiger partial charge in [0.15, 0.2) is 17.5 Å². The van der Waals surface area contributed by atoms with Gasteiger partial charge in [-0.15, -0.1) is 6.58 Å². The summed E-state index contributed by atoms with van der Waals surface area (Å²) in [6.45, 7) is 22.5. The number of benzene rings is 5. The van der Waals surface area contributed by atoms with Crippen LogP contribution in [0.2, 0.25) is 0 Å². The minimum atomic E-state index is 0.660. The van der Waals surface area contributed by atoms with Crippen LogP contribution in [0.5, 0.6) is 0 Å². The Hall–Kier alpha value is -5.61. The summed E-state index contributed by atoms with van der Waals surface area (Å²) in [6.07, 6.45) is 3.00. The van der Waals surface area contributed by atoms with E-state index in [2.05, 4.69) is 147 Å². The summed E-state index contributed by atoms with van der Waals surface area (Å²) in [4.78, 5) is 14.6. The lowest BCUT2D eigenvalue weighted by molar-refractivity contribution is 1.07. The van der Waals surface area contributed by atoms with Crippen molar-refractivity contribution in [2.75, 3.05) is 0 Å². The predicted octanol–water partition coefficient (Wildman–Crippen LogP) is 12.9. The summed E-state index contributed by atoms with van der Waals surface area (Å²) < 4.78 is 0. The van der Waals surface area contributed by atoms with Gasteiger partial charge in [0.2, 0.25) is 0 Å². The number of allylic oxidation sites excluding steroid dienone is 1. The van der Waals surface area contributed by atoms with E-state index in [4.69, 9.17) is 15.0 Å². The molecule has 6 rings (SSSR count). The van der Waals surface area contributed by atoms with Crippen LogP contribution in [-0.4, -0.2) is 15.0 Å². The van der Waals surface area contributed by atoms with Crippen molar-refractivity contribution < 1.29 is 0 Å². The number of hydrogen-bond donors (Lipinski definition) is 1. The van der Waals surface area contributed by atoms with Crippen molar-refractivity contribution in [3.63, 3.8) is 0 Å². The third-order valence-electron chi connectivity index (χ3n) is 6.45. The van der Waals surface area contributed by atoms with Gasteiger partial charge in [-0.2, -0.15) is 0 Å². The van der Waals surface area contributed by atoms with E-state index in [1.165, 1.54) is 22.9 Å². The van der Waals surface area contributed by atoms with Crippen molar-refractivity contribution in [3.8, 4) is 56.4 Å². The quantitative estimate of drug-likeness (QED) is 0.189. The maximum Gasteiger partial charge on any atom is 0.164 e. The average Bonchev–Trinajstić information content (AvgIpc) is 3.19. The van der Waals surface area contributed by atoms with Crippen LogP contribution in [0.15, 0.2) is 159 Å².